The van der Waals surface area contributed by atoms with Gasteiger partial charge in [0, 0.05) is 18.0 Å². The van der Waals surface area contributed by atoms with Gasteiger partial charge in [0.2, 0.25) is 0 Å². The smallest absolute Gasteiger partial charge is 0.259 e. The van der Waals surface area contributed by atoms with Gasteiger partial charge < -0.3 is 11.1 Å². The first-order chi connectivity index (χ1) is 9.70. The standard InChI is InChI=1S/C14H11FN4O/c15-12-9-17-6-4-11(12)14(20)19-13-8-10(2-1-5-16)3-7-18-13/h3-4,6-9H,5,16H2,(H,18,19,20). The van der Waals surface area contributed by atoms with Gasteiger partial charge in [-0.15, -0.1) is 0 Å². The average Bonchev–Trinajstić information content (AvgIpc) is 2.46. The summed E-state index contributed by atoms with van der Waals surface area (Å²) in [6.07, 6.45) is 3.82. The van der Waals surface area contributed by atoms with Crippen LogP contribution in [0.25, 0.3) is 0 Å². The number of carbonyl (C=O) groups is 1. The highest BCUT2D eigenvalue weighted by Crippen LogP contribution is 2.10. The van der Waals surface area contributed by atoms with Gasteiger partial charge in [0.1, 0.15) is 5.82 Å². The van der Waals surface area contributed by atoms with E-state index in [1.165, 1.54) is 18.5 Å². The van der Waals surface area contributed by atoms with Crippen molar-refractivity contribution < 1.29 is 9.18 Å². The number of carbonyl (C=O) groups excluding carboxylic acids is 1. The summed E-state index contributed by atoms with van der Waals surface area (Å²) in [5.74, 6) is 4.51. The van der Waals surface area contributed by atoms with Crippen LogP contribution in [0.15, 0.2) is 36.8 Å². The molecule has 2 aromatic heterocycles. The molecule has 100 valence electrons. The number of halogens is 1. The van der Waals surface area contributed by atoms with Gasteiger partial charge in [0.15, 0.2) is 5.82 Å². The molecule has 0 saturated carbocycles. The second-order valence-electron chi connectivity index (χ2n) is 3.75. The Balaban J connectivity index is 2.18. The van der Waals surface area contributed by atoms with Crippen molar-refractivity contribution in [1.29, 1.82) is 0 Å². The molecule has 0 atom stereocenters. The Kier molecular flexibility index (Phi) is 4.37. The molecule has 0 aliphatic carbocycles. The van der Waals surface area contributed by atoms with Crippen LogP contribution in [0.3, 0.4) is 0 Å². The summed E-state index contributed by atoms with van der Waals surface area (Å²) in [6, 6.07) is 4.56. The fraction of sp³-hybridized carbons (Fsp3) is 0.0714. The molecule has 0 aliphatic heterocycles. The van der Waals surface area contributed by atoms with Crippen molar-refractivity contribution in [2.24, 2.45) is 5.73 Å². The monoisotopic (exact) mass is 270 g/mol. The molecular weight excluding hydrogens is 259 g/mol. The Morgan fingerprint density at radius 2 is 2.25 bits per heavy atom. The third-order valence-electron chi connectivity index (χ3n) is 2.35. The van der Waals surface area contributed by atoms with E-state index in [0.717, 1.165) is 6.20 Å². The Morgan fingerprint density at radius 1 is 1.40 bits per heavy atom. The van der Waals surface area contributed by atoms with Crippen LogP contribution in [0.4, 0.5) is 10.2 Å². The summed E-state index contributed by atoms with van der Waals surface area (Å²) in [5.41, 5.74) is 5.85. The van der Waals surface area contributed by atoms with Crippen molar-refractivity contribution in [1.82, 2.24) is 9.97 Å². The molecule has 0 radical (unpaired) electrons. The first-order valence-electron chi connectivity index (χ1n) is 5.76. The van der Waals surface area contributed by atoms with Crippen LogP contribution < -0.4 is 11.1 Å². The number of anilines is 1. The zero-order valence-electron chi connectivity index (χ0n) is 10.4. The van der Waals surface area contributed by atoms with Crippen molar-refractivity contribution in [2.75, 3.05) is 11.9 Å². The molecule has 6 heteroatoms. The lowest BCUT2D eigenvalue weighted by atomic mass is 10.2. The summed E-state index contributed by atoms with van der Waals surface area (Å²) < 4.78 is 13.4. The van der Waals surface area contributed by atoms with Gasteiger partial charge in [-0.3, -0.25) is 9.78 Å². The normalized spacial score (nSPS) is 9.50. The molecule has 20 heavy (non-hydrogen) atoms. The first-order valence-corrected chi connectivity index (χ1v) is 5.76. The van der Waals surface area contributed by atoms with E-state index < -0.39 is 11.7 Å². The number of nitrogens with zero attached hydrogens (tertiary/aromatic N) is 2. The lowest BCUT2D eigenvalue weighted by Crippen LogP contribution is -2.14. The molecule has 0 unspecified atom stereocenters. The quantitative estimate of drug-likeness (QED) is 0.803. The molecular formula is C14H11FN4O. The van der Waals surface area contributed by atoms with E-state index in [1.807, 2.05) is 0 Å². The topological polar surface area (TPSA) is 80.9 Å². The molecule has 0 spiro atoms. The third kappa shape index (κ3) is 3.37. The van der Waals surface area contributed by atoms with Gasteiger partial charge in [-0.05, 0) is 18.2 Å². The molecule has 3 N–H and O–H groups in total. The Morgan fingerprint density at radius 3 is 3.00 bits per heavy atom. The Labute approximate surface area is 115 Å². The van der Waals surface area contributed by atoms with Gasteiger partial charge in [-0.1, -0.05) is 11.8 Å². The molecule has 5 nitrogen and oxygen atoms in total. The fourth-order valence-corrected chi connectivity index (χ4v) is 1.47. The zero-order valence-corrected chi connectivity index (χ0v) is 10.4. The van der Waals surface area contributed by atoms with E-state index in [2.05, 4.69) is 27.1 Å². The van der Waals surface area contributed by atoms with E-state index in [4.69, 9.17) is 5.73 Å². The third-order valence-corrected chi connectivity index (χ3v) is 2.35. The van der Waals surface area contributed by atoms with Gasteiger partial charge in [-0.25, -0.2) is 9.37 Å². The summed E-state index contributed by atoms with van der Waals surface area (Å²) in [5, 5.41) is 2.50. The van der Waals surface area contributed by atoms with Crippen LogP contribution in [0, 0.1) is 17.7 Å². The average molecular weight is 270 g/mol. The van der Waals surface area contributed by atoms with E-state index in [1.54, 1.807) is 12.1 Å². The molecule has 1 amide bonds. The van der Waals surface area contributed by atoms with Crippen LogP contribution in [0.5, 0.6) is 0 Å². The number of pyridine rings is 2. The van der Waals surface area contributed by atoms with Crippen LogP contribution in [-0.4, -0.2) is 22.4 Å². The van der Waals surface area contributed by atoms with Crippen LogP contribution in [0.2, 0.25) is 0 Å². The number of nitrogens with one attached hydrogen (secondary N) is 1. The minimum absolute atomic E-state index is 0.0970. The number of hydrogen-bond acceptors (Lipinski definition) is 4. The zero-order chi connectivity index (χ0) is 14.4. The highest BCUT2D eigenvalue weighted by molar-refractivity contribution is 6.03. The molecule has 2 heterocycles. The predicted octanol–water partition coefficient (Wildman–Crippen LogP) is 1.18. The summed E-state index contributed by atoms with van der Waals surface area (Å²) >= 11 is 0. The molecule has 2 aromatic rings. The lowest BCUT2D eigenvalue weighted by Gasteiger charge is -2.05. The van der Waals surface area contributed by atoms with Gasteiger partial charge in [0.05, 0.1) is 18.3 Å². The molecule has 0 fully saturated rings. The Hall–Kier alpha value is -2.78. The first kappa shape index (κ1) is 13.6. The van der Waals surface area contributed by atoms with Gasteiger partial charge >= 0.3 is 0 Å². The second-order valence-corrected chi connectivity index (χ2v) is 3.75. The summed E-state index contributed by atoms with van der Waals surface area (Å²) in [7, 11) is 0. The minimum Gasteiger partial charge on any atom is -0.320 e. The fourth-order valence-electron chi connectivity index (χ4n) is 1.47. The van der Waals surface area contributed by atoms with Crippen molar-refractivity contribution in [3.63, 3.8) is 0 Å². The van der Waals surface area contributed by atoms with Gasteiger partial charge in [-0.2, -0.15) is 0 Å². The van der Waals surface area contributed by atoms with Crippen molar-refractivity contribution >= 4 is 11.7 Å². The minimum atomic E-state index is -0.691. The van der Waals surface area contributed by atoms with Crippen LogP contribution in [-0.2, 0) is 0 Å². The largest absolute Gasteiger partial charge is 0.320 e. The van der Waals surface area contributed by atoms with E-state index in [0.29, 0.717) is 5.56 Å². The lowest BCUT2D eigenvalue weighted by molar-refractivity contribution is 0.102. The second kappa shape index (κ2) is 6.41. The number of rotatable bonds is 2. The molecule has 0 bridgehead atoms. The van der Waals surface area contributed by atoms with Crippen LogP contribution in [0.1, 0.15) is 15.9 Å². The molecule has 0 aromatic carbocycles. The predicted molar refractivity (Wildman–Crippen MR) is 72.3 cm³/mol. The molecule has 2 rings (SSSR count). The number of amides is 1. The molecule has 0 aliphatic rings. The highest BCUT2D eigenvalue weighted by Gasteiger charge is 2.11. The molecule has 0 saturated heterocycles. The van der Waals surface area contributed by atoms with E-state index >= 15 is 0 Å². The highest BCUT2D eigenvalue weighted by atomic mass is 19.1. The van der Waals surface area contributed by atoms with Crippen molar-refractivity contribution in [3.05, 3.63) is 53.7 Å². The number of aromatic nitrogens is 2. The Bertz CT molecular complexity index is 691. The number of hydrogen-bond donors (Lipinski definition) is 2. The number of nitrogens with two attached hydrogens (primary N) is 1. The van der Waals surface area contributed by atoms with Crippen molar-refractivity contribution in [3.8, 4) is 11.8 Å². The SMILES string of the molecule is NCC#Cc1ccnc(NC(=O)c2ccncc2F)c1. The van der Waals surface area contributed by atoms with E-state index in [-0.39, 0.29) is 17.9 Å². The van der Waals surface area contributed by atoms with E-state index in [9.17, 15) is 9.18 Å². The summed E-state index contributed by atoms with van der Waals surface area (Å²) in [6.45, 7) is 0.242. The van der Waals surface area contributed by atoms with Crippen molar-refractivity contribution in [2.45, 2.75) is 0 Å². The maximum atomic E-state index is 13.4. The van der Waals surface area contributed by atoms with Crippen LogP contribution >= 0.6 is 0 Å². The summed E-state index contributed by atoms with van der Waals surface area (Å²) in [4.78, 5) is 19.4. The maximum Gasteiger partial charge on any atom is 0.259 e. The maximum absolute atomic E-state index is 13.4. The van der Waals surface area contributed by atoms with Gasteiger partial charge in [0.25, 0.3) is 5.91 Å².